The molecule has 2 N–H and O–H groups in total. The maximum absolute atomic E-state index is 12.4. The van der Waals surface area contributed by atoms with Crippen molar-refractivity contribution >= 4 is 10.0 Å². The molecule has 1 aromatic rings. The normalized spacial score (nSPS) is 12.9. The minimum Gasteiger partial charge on any atom is -0.394 e. The SMILES string of the molecule is CCC(CC)(CO)NS(=O)(=O)c1ccc(CC(C)C)cc1. The Hall–Kier alpha value is -0.910. The van der Waals surface area contributed by atoms with Crippen molar-refractivity contribution in [2.24, 2.45) is 5.92 Å². The van der Waals surface area contributed by atoms with Gasteiger partial charge in [-0.1, -0.05) is 39.8 Å². The highest BCUT2D eigenvalue weighted by atomic mass is 32.2. The Morgan fingerprint density at radius 2 is 1.67 bits per heavy atom. The minimum absolute atomic E-state index is 0.204. The Morgan fingerprint density at radius 3 is 2.05 bits per heavy atom. The number of hydrogen-bond donors (Lipinski definition) is 2. The maximum Gasteiger partial charge on any atom is 0.241 e. The molecule has 0 heterocycles. The largest absolute Gasteiger partial charge is 0.394 e. The van der Waals surface area contributed by atoms with E-state index in [1.165, 1.54) is 0 Å². The van der Waals surface area contributed by atoms with Gasteiger partial charge in [0, 0.05) is 0 Å². The third-order valence-corrected chi connectivity index (χ3v) is 5.48. The van der Waals surface area contributed by atoms with Crippen LogP contribution in [0.2, 0.25) is 0 Å². The molecule has 0 saturated carbocycles. The second kappa shape index (κ2) is 7.38. The lowest BCUT2D eigenvalue weighted by molar-refractivity contribution is 0.172. The molecule has 4 nitrogen and oxygen atoms in total. The van der Waals surface area contributed by atoms with Crippen LogP contribution >= 0.6 is 0 Å². The lowest BCUT2D eigenvalue weighted by Gasteiger charge is -2.30. The summed E-state index contributed by atoms with van der Waals surface area (Å²) in [7, 11) is -3.61. The van der Waals surface area contributed by atoms with E-state index in [2.05, 4.69) is 18.6 Å². The number of hydrogen-bond acceptors (Lipinski definition) is 3. The smallest absolute Gasteiger partial charge is 0.241 e. The molecule has 0 spiro atoms. The van der Waals surface area contributed by atoms with Gasteiger partial charge in [-0.25, -0.2) is 13.1 Å². The van der Waals surface area contributed by atoms with Crippen LogP contribution in [0.3, 0.4) is 0 Å². The molecule has 5 heteroatoms. The Balaban J connectivity index is 2.97. The molecular weight excluding hydrogens is 286 g/mol. The zero-order valence-electron chi connectivity index (χ0n) is 13.4. The first-order chi connectivity index (χ1) is 9.78. The van der Waals surface area contributed by atoms with Gasteiger partial charge in [-0.2, -0.15) is 0 Å². The summed E-state index contributed by atoms with van der Waals surface area (Å²) in [4.78, 5) is 0.245. The third-order valence-electron chi connectivity index (χ3n) is 3.88. The van der Waals surface area contributed by atoms with Gasteiger partial charge in [0.25, 0.3) is 0 Å². The van der Waals surface area contributed by atoms with Crippen LogP contribution in [-0.4, -0.2) is 25.7 Å². The van der Waals surface area contributed by atoms with E-state index in [1.807, 2.05) is 26.0 Å². The monoisotopic (exact) mass is 313 g/mol. The summed E-state index contributed by atoms with van der Waals surface area (Å²) in [6, 6.07) is 6.97. The van der Waals surface area contributed by atoms with Crippen LogP contribution in [0.1, 0.15) is 46.1 Å². The zero-order valence-corrected chi connectivity index (χ0v) is 14.2. The average molecular weight is 313 g/mol. The number of rotatable bonds is 8. The fraction of sp³-hybridized carbons (Fsp3) is 0.625. The zero-order chi connectivity index (χ0) is 16.1. The second-order valence-electron chi connectivity index (χ2n) is 5.99. The second-order valence-corrected chi connectivity index (χ2v) is 7.68. The number of benzene rings is 1. The quantitative estimate of drug-likeness (QED) is 0.775. The van der Waals surface area contributed by atoms with E-state index in [1.54, 1.807) is 12.1 Å². The molecule has 1 rings (SSSR count). The summed E-state index contributed by atoms with van der Waals surface area (Å²) in [6.45, 7) is 7.79. The van der Waals surface area contributed by atoms with Crippen LogP contribution < -0.4 is 4.72 Å². The van der Waals surface area contributed by atoms with Crippen molar-refractivity contribution < 1.29 is 13.5 Å². The minimum atomic E-state index is -3.61. The molecule has 0 aliphatic rings. The van der Waals surface area contributed by atoms with Crippen LogP contribution in [0.15, 0.2) is 29.2 Å². The van der Waals surface area contributed by atoms with E-state index in [9.17, 15) is 13.5 Å². The Morgan fingerprint density at radius 1 is 1.14 bits per heavy atom. The predicted molar refractivity (Wildman–Crippen MR) is 85.7 cm³/mol. The Bertz CT molecular complexity index is 523. The van der Waals surface area contributed by atoms with Crippen molar-refractivity contribution in [1.82, 2.24) is 4.72 Å². The lowest BCUT2D eigenvalue weighted by atomic mass is 9.96. The topological polar surface area (TPSA) is 66.4 Å². The molecule has 0 saturated heterocycles. The van der Waals surface area contributed by atoms with Gasteiger partial charge in [-0.3, -0.25) is 0 Å². The summed E-state index contributed by atoms with van der Waals surface area (Å²) in [5, 5.41) is 9.50. The first-order valence-electron chi connectivity index (χ1n) is 7.52. The molecule has 0 aliphatic heterocycles. The van der Waals surface area contributed by atoms with Crippen LogP contribution in [0.25, 0.3) is 0 Å². The Kier molecular flexibility index (Phi) is 6.38. The number of aliphatic hydroxyl groups is 1. The van der Waals surface area contributed by atoms with Crippen molar-refractivity contribution in [2.45, 2.75) is 57.4 Å². The molecule has 0 unspecified atom stereocenters. The fourth-order valence-electron chi connectivity index (χ4n) is 2.27. The molecule has 0 fully saturated rings. The molecule has 21 heavy (non-hydrogen) atoms. The van der Waals surface area contributed by atoms with Crippen molar-refractivity contribution in [3.05, 3.63) is 29.8 Å². The molecule has 120 valence electrons. The first kappa shape index (κ1) is 18.1. The lowest BCUT2D eigenvalue weighted by Crippen LogP contribution is -2.50. The predicted octanol–water partition coefficient (Wildman–Crippen LogP) is 2.71. The highest BCUT2D eigenvalue weighted by molar-refractivity contribution is 7.89. The van der Waals surface area contributed by atoms with Gasteiger partial charge in [-0.05, 0) is 42.9 Å². The maximum atomic E-state index is 12.4. The summed E-state index contributed by atoms with van der Waals surface area (Å²) in [5.41, 5.74) is 0.346. The molecule has 0 radical (unpaired) electrons. The molecule has 0 atom stereocenters. The van der Waals surface area contributed by atoms with E-state index in [-0.39, 0.29) is 11.5 Å². The summed E-state index contributed by atoms with van der Waals surface area (Å²) < 4.78 is 27.5. The fourth-order valence-corrected chi connectivity index (χ4v) is 3.81. The highest BCUT2D eigenvalue weighted by Crippen LogP contribution is 2.20. The molecular formula is C16H27NO3S. The van der Waals surface area contributed by atoms with Gasteiger partial charge < -0.3 is 5.11 Å². The van der Waals surface area contributed by atoms with E-state index in [0.717, 1.165) is 12.0 Å². The van der Waals surface area contributed by atoms with Crippen molar-refractivity contribution in [3.8, 4) is 0 Å². The van der Waals surface area contributed by atoms with Crippen LogP contribution in [0.4, 0.5) is 0 Å². The van der Waals surface area contributed by atoms with Crippen LogP contribution in [0.5, 0.6) is 0 Å². The third kappa shape index (κ3) is 4.80. The number of aliphatic hydroxyl groups excluding tert-OH is 1. The van der Waals surface area contributed by atoms with Gasteiger partial charge in [0.15, 0.2) is 0 Å². The summed E-state index contributed by atoms with van der Waals surface area (Å²) in [6.07, 6.45) is 2.02. The van der Waals surface area contributed by atoms with Crippen molar-refractivity contribution in [3.63, 3.8) is 0 Å². The molecule has 0 amide bonds. The van der Waals surface area contributed by atoms with E-state index >= 15 is 0 Å². The van der Waals surface area contributed by atoms with E-state index in [4.69, 9.17) is 0 Å². The van der Waals surface area contributed by atoms with Gasteiger partial charge in [-0.15, -0.1) is 0 Å². The van der Waals surface area contributed by atoms with E-state index in [0.29, 0.717) is 18.8 Å². The van der Waals surface area contributed by atoms with Gasteiger partial charge in [0.2, 0.25) is 10.0 Å². The Labute approximate surface area is 128 Å². The molecule has 0 aromatic heterocycles. The number of nitrogens with one attached hydrogen (secondary N) is 1. The first-order valence-corrected chi connectivity index (χ1v) is 9.00. The summed E-state index contributed by atoms with van der Waals surface area (Å²) in [5.74, 6) is 0.535. The molecule has 0 aliphatic carbocycles. The van der Waals surface area contributed by atoms with Crippen molar-refractivity contribution in [1.29, 1.82) is 0 Å². The summed E-state index contributed by atoms with van der Waals surface area (Å²) >= 11 is 0. The van der Waals surface area contributed by atoms with Crippen molar-refractivity contribution in [2.75, 3.05) is 6.61 Å². The molecule has 0 bridgehead atoms. The number of sulfonamides is 1. The van der Waals surface area contributed by atoms with Crippen LogP contribution in [0, 0.1) is 5.92 Å². The van der Waals surface area contributed by atoms with Gasteiger partial charge in [0.1, 0.15) is 0 Å². The molecule has 1 aromatic carbocycles. The van der Waals surface area contributed by atoms with Crippen LogP contribution in [-0.2, 0) is 16.4 Å². The standard InChI is InChI=1S/C16H27NO3S/c1-5-16(6-2,12-18)17-21(19,20)15-9-7-14(8-10-15)11-13(3)4/h7-10,13,17-18H,5-6,11-12H2,1-4H3. The highest BCUT2D eigenvalue weighted by Gasteiger charge is 2.31. The van der Waals surface area contributed by atoms with Gasteiger partial charge >= 0.3 is 0 Å². The van der Waals surface area contributed by atoms with E-state index < -0.39 is 15.6 Å². The average Bonchev–Trinajstić information content (AvgIpc) is 2.45. The van der Waals surface area contributed by atoms with Gasteiger partial charge in [0.05, 0.1) is 17.0 Å².